The van der Waals surface area contributed by atoms with E-state index < -0.39 is 9.84 Å². The van der Waals surface area contributed by atoms with Crippen LogP contribution >= 0.6 is 12.4 Å². The van der Waals surface area contributed by atoms with Crippen molar-refractivity contribution in [3.63, 3.8) is 0 Å². The highest BCUT2D eigenvalue weighted by Gasteiger charge is 2.36. The van der Waals surface area contributed by atoms with Crippen molar-refractivity contribution in [1.82, 2.24) is 14.9 Å². The zero-order chi connectivity index (χ0) is 19.8. The monoisotopic (exact) mass is 439 g/mol. The highest BCUT2D eigenvalue weighted by molar-refractivity contribution is 7.91. The number of aryl methyl sites for hydroxylation is 1. The first-order valence-corrected chi connectivity index (χ1v) is 11.5. The third-order valence-electron chi connectivity index (χ3n) is 6.61. The van der Waals surface area contributed by atoms with Crippen molar-refractivity contribution in [1.29, 1.82) is 0 Å². The maximum atomic E-state index is 13.6. The second-order valence-electron chi connectivity index (χ2n) is 8.15. The fourth-order valence-corrected chi connectivity index (χ4v) is 6.69. The molecule has 2 aromatic heterocycles. The summed E-state index contributed by atoms with van der Waals surface area (Å²) in [5.41, 5.74) is 3.73. The number of hydrogen-bond donors (Lipinski definition) is 1. The molecule has 2 aliphatic rings. The number of halogens is 1. The molecule has 5 nitrogen and oxygen atoms in total. The molecule has 1 N–H and O–H groups in total. The zero-order valence-electron chi connectivity index (χ0n) is 16.5. The van der Waals surface area contributed by atoms with Crippen molar-refractivity contribution in [3.05, 3.63) is 66.1 Å². The number of pyridine rings is 1. The smallest absolute Gasteiger partial charge is 0.207 e. The van der Waals surface area contributed by atoms with Crippen molar-refractivity contribution in [3.8, 4) is 0 Å². The van der Waals surface area contributed by atoms with Crippen molar-refractivity contribution in [2.75, 3.05) is 0 Å². The van der Waals surface area contributed by atoms with Gasteiger partial charge in [0.1, 0.15) is 0 Å². The number of fused-ring (bicyclic) bond motifs is 7. The van der Waals surface area contributed by atoms with Gasteiger partial charge in [-0.25, -0.2) is 8.42 Å². The molecule has 2 bridgehead atoms. The molecule has 0 amide bonds. The molecule has 2 atom stereocenters. The number of nitrogens with zero attached hydrogens (tertiary/aromatic N) is 2. The Kier molecular flexibility index (Phi) is 4.43. The molecule has 4 aromatic rings. The van der Waals surface area contributed by atoms with Crippen LogP contribution in [0.4, 0.5) is 0 Å². The van der Waals surface area contributed by atoms with E-state index in [0.29, 0.717) is 27.3 Å². The highest BCUT2D eigenvalue weighted by atomic mass is 35.5. The Morgan fingerprint density at radius 1 is 1.10 bits per heavy atom. The SMILES string of the molecule is Cl.Cn1c2c(c3cc(S(=O)(=O)c4cccc5ccncc45)ccc31)C1CCC(C2)N1. The standard InChI is InChI=1S/C23H21N3O2S.ClH/c1-26-20-8-6-16(12-17(20)23-19-7-5-15(25-19)11-21(23)26)29(27,28)22-4-2-3-14-9-10-24-13-18(14)22;/h2-4,6,8-10,12-13,15,19,25H,5,7,11H2,1H3;1H. The lowest BCUT2D eigenvalue weighted by molar-refractivity contribution is 0.503. The molecular weight excluding hydrogens is 418 g/mol. The quantitative estimate of drug-likeness (QED) is 0.505. The summed E-state index contributed by atoms with van der Waals surface area (Å²) in [5.74, 6) is 0. The summed E-state index contributed by atoms with van der Waals surface area (Å²) in [6.45, 7) is 0. The van der Waals surface area contributed by atoms with Crippen LogP contribution in [-0.4, -0.2) is 24.0 Å². The average Bonchev–Trinajstić information content (AvgIpc) is 3.26. The molecule has 7 heteroatoms. The van der Waals surface area contributed by atoms with Crippen LogP contribution < -0.4 is 5.32 Å². The van der Waals surface area contributed by atoms with E-state index in [-0.39, 0.29) is 12.4 Å². The lowest BCUT2D eigenvalue weighted by Gasteiger charge is -2.23. The summed E-state index contributed by atoms with van der Waals surface area (Å²) < 4.78 is 29.4. The molecule has 30 heavy (non-hydrogen) atoms. The van der Waals surface area contributed by atoms with Gasteiger partial charge < -0.3 is 9.88 Å². The molecule has 0 saturated carbocycles. The predicted octanol–water partition coefficient (Wildman–Crippen LogP) is 4.33. The van der Waals surface area contributed by atoms with E-state index in [2.05, 4.69) is 21.9 Å². The van der Waals surface area contributed by atoms with Crippen LogP contribution in [0.2, 0.25) is 0 Å². The lowest BCUT2D eigenvalue weighted by Crippen LogP contribution is -2.32. The van der Waals surface area contributed by atoms with Crippen LogP contribution in [0.1, 0.15) is 30.1 Å². The fourth-order valence-electron chi connectivity index (χ4n) is 5.20. The second kappa shape index (κ2) is 6.80. The number of nitrogens with one attached hydrogen (secondary N) is 1. The molecule has 2 unspecified atom stereocenters. The second-order valence-corrected chi connectivity index (χ2v) is 10.1. The molecule has 0 radical (unpaired) electrons. The third kappa shape index (κ3) is 2.64. The van der Waals surface area contributed by atoms with E-state index in [1.807, 2.05) is 24.3 Å². The van der Waals surface area contributed by atoms with Crippen LogP contribution in [0.3, 0.4) is 0 Å². The third-order valence-corrected chi connectivity index (χ3v) is 8.42. The van der Waals surface area contributed by atoms with Crippen LogP contribution in [0.5, 0.6) is 0 Å². The van der Waals surface area contributed by atoms with Gasteiger partial charge in [0, 0.05) is 59.9 Å². The number of sulfone groups is 1. The van der Waals surface area contributed by atoms with Crippen LogP contribution in [0.15, 0.2) is 64.6 Å². The number of aromatic nitrogens is 2. The van der Waals surface area contributed by atoms with Gasteiger partial charge in [-0.05, 0) is 54.1 Å². The fraction of sp³-hybridized carbons (Fsp3) is 0.261. The van der Waals surface area contributed by atoms with Crippen LogP contribution in [-0.2, 0) is 23.3 Å². The molecule has 2 aromatic carbocycles. The number of rotatable bonds is 2. The minimum absolute atomic E-state index is 0. The molecule has 6 rings (SSSR count). The van der Waals surface area contributed by atoms with Crippen molar-refractivity contribution in [2.45, 2.75) is 41.1 Å². The van der Waals surface area contributed by atoms with E-state index in [0.717, 1.165) is 29.1 Å². The van der Waals surface area contributed by atoms with E-state index in [9.17, 15) is 8.42 Å². The van der Waals surface area contributed by atoms with E-state index in [1.165, 1.54) is 17.7 Å². The molecule has 0 spiro atoms. The zero-order valence-corrected chi connectivity index (χ0v) is 18.1. The average molecular weight is 440 g/mol. The normalized spacial score (nSPS) is 20.3. The van der Waals surface area contributed by atoms with Crippen molar-refractivity contribution < 1.29 is 8.42 Å². The van der Waals surface area contributed by atoms with E-state index >= 15 is 0 Å². The molecule has 4 heterocycles. The number of hydrogen-bond acceptors (Lipinski definition) is 4. The van der Waals surface area contributed by atoms with Gasteiger partial charge in [0.25, 0.3) is 0 Å². The summed E-state index contributed by atoms with van der Waals surface area (Å²) in [6, 6.07) is 13.7. The first-order chi connectivity index (χ1) is 14.0. The van der Waals surface area contributed by atoms with Gasteiger partial charge >= 0.3 is 0 Å². The van der Waals surface area contributed by atoms with Crippen LogP contribution in [0.25, 0.3) is 21.7 Å². The predicted molar refractivity (Wildman–Crippen MR) is 120 cm³/mol. The van der Waals surface area contributed by atoms with Crippen molar-refractivity contribution >= 4 is 43.9 Å². The number of benzene rings is 2. The summed E-state index contributed by atoms with van der Waals surface area (Å²) in [4.78, 5) is 4.80. The minimum Gasteiger partial charge on any atom is -0.347 e. The van der Waals surface area contributed by atoms with Crippen LogP contribution in [0, 0.1) is 0 Å². The summed E-state index contributed by atoms with van der Waals surface area (Å²) >= 11 is 0. The molecule has 1 saturated heterocycles. The molecule has 0 aliphatic carbocycles. The van der Waals surface area contributed by atoms with Gasteiger partial charge in [-0.1, -0.05) is 12.1 Å². The molecule has 2 aliphatic heterocycles. The largest absolute Gasteiger partial charge is 0.347 e. The molecule has 1 fully saturated rings. The Morgan fingerprint density at radius 3 is 2.83 bits per heavy atom. The van der Waals surface area contributed by atoms with Gasteiger partial charge in [0.2, 0.25) is 9.84 Å². The van der Waals surface area contributed by atoms with Gasteiger partial charge in [-0.15, -0.1) is 12.4 Å². The highest BCUT2D eigenvalue weighted by Crippen LogP contribution is 2.42. The summed E-state index contributed by atoms with van der Waals surface area (Å²) in [6.07, 6.45) is 6.62. The first kappa shape index (κ1) is 19.5. The Bertz CT molecular complexity index is 1410. The van der Waals surface area contributed by atoms with E-state index in [4.69, 9.17) is 0 Å². The summed E-state index contributed by atoms with van der Waals surface area (Å²) in [7, 11) is -1.56. The molecular formula is C23H22ClN3O2S. The Balaban J connectivity index is 0.00000193. The minimum atomic E-state index is -3.66. The van der Waals surface area contributed by atoms with E-state index in [1.54, 1.807) is 30.6 Å². The lowest BCUT2D eigenvalue weighted by atomic mass is 9.99. The first-order valence-electron chi connectivity index (χ1n) is 9.99. The maximum Gasteiger partial charge on any atom is 0.207 e. The van der Waals surface area contributed by atoms with Gasteiger partial charge in [0.05, 0.1) is 9.79 Å². The maximum absolute atomic E-state index is 13.6. The Labute approximate surface area is 181 Å². The summed E-state index contributed by atoms with van der Waals surface area (Å²) in [5, 5.41) is 6.28. The molecule has 154 valence electrons. The van der Waals surface area contributed by atoms with Gasteiger partial charge in [0.15, 0.2) is 0 Å². The Morgan fingerprint density at radius 2 is 1.97 bits per heavy atom. The topological polar surface area (TPSA) is 64.0 Å². The van der Waals surface area contributed by atoms with Crippen molar-refractivity contribution in [2.24, 2.45) is 7.05 Å². The Hall–Kier alpha value is -2.41. The van der Waals surface area contributed by atoms with Gasteiger partial charge in [-0.2, -0.15) is 0 Å². The van der Waals surface area contributed by atoms with Gasteiger partial charge in [-0.3, -0.25) is 4.98 Å².